The van der Waals surface area contributed by atoms with Crippen LogP contribution in [-0.4, -0.2) is 22.0 Å². The highest BCUT2D eigenvalue weighted by Crippen LogP contribution is 2.28. The van der Waals surface area contributed by atoms with Crippen molar-refractivity contribution in [1.82, 2.24) is 0 Å². The number of nitro groups is 1. The van der Waals surface area contributed by atoms with Crippen LogP contribution in [-0.2, 0) is 0 Å². The van der Waals surface area contributed by atoms with Crippen molar-refractivity contribution in [3.8, 4) is 12.3 Å². The van der Waals surface area contributed by atoms with Crippen molar-refractivity contribution in [2.24, 2.45) is 0 Å². The molecular formula is C12H11FN2O4. The number of nitro benzene ring substituents is 1. The molecule has 0 aromatic heterocycles. The van der Waals surface area contributed by atoms with Crippen LogP contribution in [0.1, 0.15) is 23.7 Å². The van der Waals surface area contributed by atoms with Gasteiger partial charge in [-0.3, -0.25) is 10.1 Å². The van der Waals surface area contributed by atoms with Crippen molar-refractivity contribution in [3.63, 3.8) is 0 Å². The summed E-state index contributed by atoms with van der Waals surface area (Å²) in [7, 11) is 0. The van der Waals surface area contributed by atoms with Crippen molar-refractivity contribution in [2.75, 3.05) is 5.32 Å². The molecule has 0 heterocycles. The number of hydrogen-bond donors (Lipinski definition) is 2. The summed E-state index contributed by atoms with van der Waals surface area (Å²) in [5.74, 6) is -0.285. The molecule has 0 spiro atoms. The van der Waals surface area contributed by atoms with Gasteiger partial charge in [-0.1, -0.05) is 12.8 Å². The molecule has 1 unspecified atom stereocenters. The summed E-state index contributed by atoms with van der Waals surface area (Å²) in [6.07, 6.45) is 5.69. The fourth-order valence-electron chi connectivity index (χ4n) is 1.44. The second-order valence-electron chi connectivity index (χ2n) is 3.68. The van der Waals surface area contributed by atoms with Crippen LogP contribution in [0.25, 0.3) is 0 Å². The Morgan fingerprint density at radius 1 is 1.68 bits per heavy atom. The number of terminal acetylenes is 1. The smallest absolute Gasteiger partial charge is 0.338 e. The summed E-state index contributed by atoms with van der Waals surface area (Å²) in [5.41, 5.74) is -1.43. The summed E-state index contributed by atoms with van der Waals surface area (Å²) in [5, 5.41) is 22.2. The average molecular weight is 266 g/mol. The fraction of sp³-hybridized carbons (Fsp3) is 0.250. The number of nitrogens with zero attached hydrogens (tertiary/aromatic N) is 1. The number of aromatic carboxylic acids is 1. The maximum Gasteiger partial charge on any atom is 0.338 e. The van der Waals surface area contributed by atoms with Gasteiger partial charge in [-0.25, -0.2) is 9.18 Å². The van der Waals surface area contributed by atoms with Crippen molar-refractivity contribution >= 4 is 17.3 Å². The number of carboxylic acids is 1. The SMILES string of the molecule is C#CC(CC)Nc1cc(F)c(C(=O)O)cc1[N+](=O)[O-]. The Morgan fingerprint density at radius 3 is 2.74 bits per heavy atom. The second-order valence-corrected chi connectivity index (χ2v) is 3.68. The molecule has 0 saturated heterocycles. The number of benzene rings is 1. The highest BCUT2D eigenvalue weighted by molar-refractivity contribution is 5.90. The van der Waals surface area contributed by atoms with Crippen LogP contribution in [0.15, 0.2) is 12.1 Å². The zero-order valence-electron chi connectivity index (χ0n) is 10.0. The van der Waals surface area contributed by atoms with E-state index < -0.39 is 34.0 Å². The summed E-state index contributed by atoms with van der Waals surface area (Å²) in [4.78, 5) is 20.8. The van der Waals surface area contributed by atoms with E-state index in [2.05, 4.69) is 11.2 Å². The summed E-state index contributed by atoms with van der Waals surface area (Å²) in [6.45, 7) is 1.76. The van der Waals surface area contributed by atoms with Crippen LogP contribution >= 0.6 is 0 Å². The molecule has 0 bridgehead atoms. The highest BCUT2D eigenvalue weighted by Gasteiger charge is 2.22. The van der Waals surface area contributed by atoms with Crippen molar-refractivity contribution in [2.45, 2.75) is 19.4 Å². The van der Waals surface area contributed by atoms with Crippen LogP contribution in [0.4, 0.5) is 15.8 Å². The topological polar surface area (TPSA) is 92.5 Å². The van der Waals surface area contributed by atoms with Crippen LogP contribution < -0.4 is 5.32 Å². The van der Waals surface area contributed by atoms with E-state index in [-0.39, 0.29) is 5.69 Å². The lowest BCUT2D eigenvalue weighted by atomic mass is 10.1. The minimum absolute atomic E-state index is 0.141. The molecule has 6 nitrogen and oxygen atoms in total. The second kappa shape index (κ2) is 5.82. The standard InChI is InChI=1S/C12H11FN2O4/c1-3-7(4-2)14-10-6-9(13)8(12(16)17)5-11(10)15(18)19/h1,5-7,14H,4H2,2H3,(H,16,17). The van der Waals surface area contributed by atoms with E-state index in [9.17, 15) is 19.3 Å². The van der Waals surface area contributed by atoms with Crippen LogP contribution in [0.3, 0.4) is 0 Å². The maximum atomic E-state index is 13.5. The minimum Gasteiger partial charge on any atom is -0.478 e. The van der Waals surface area contributed by atoms with Crippen molar-refractivity contribution in [1.29, 1.82) is 0 Å². The van der Waals surface area contributed by atoms with Gasteiger partial charge in [0.15, 0.2) is 0 Å². The lowest BCUT2D eigenvalue weighted by Gasteiger charge is -2.13. The van der Waals surface area contributed by atoms with Crippen LogP contribution in [0.5, 0.6) is 0 Å². The first-order valence-corrected chi connectivity index (χ1v) is 5.34. The summed E-state index contributed by atoms with van der Waals surface area (Å²) in [6, 6.07) is 0.930. The van der Waals surface area contributed by atoms with Gasteiger partial charge in [0.05, 0.1) is 11.0 Å². The third-order valence-electron chi connectivity index (χ3n) is 2.45. The van der Waals surface area contributed by atoms with Crippen molar-refractivity contribution < 1.29 is 19.2 Å². The first kappa shape index (κ1) is 14.4. The molecule has 0 saturated carbocycles. The van der Waals surface area contributed by atoms with Gasteiger partial charge < -0.3 is 10.4 Å². The van der Waals surface area contributed by atoms with E-state index in [1.54, 1.807) is 6.92 Å². The highest BCUT2D eigenvalue weighted by atomic mass is 19.1. The third kappa shape index (κ3) is 3.19. The van der Waals surface area contributed by atoms with Gasteiger partial charge in [0, 0.05) is 12.1 Å². The number of nitrogens with one attached hydrogen (secondary N) is 1. The molecule has 0 aliphatic rings. The van der Waals surface area contributed by atoms with Gasteiger partial charge in [0.25, 0.3) is 5.69 Å². The number of carboxylic acid groups (broad SMARTS) is 1. The van der Waals surface area contributed by atoms with Crippen LogP contribution in [0.2, 0.25) is 0 Å². The van der Waals surface area contributed by atoms with E-state index in [1.165, 1.54) is 0 Å². The number of rotatable bonds is 5. The monoisotopic (exact) mass is 266 g/mol. The van der Waals surface area contributed by atoms with Gasteiger partial charge >= 0.3 is 5.97 Å². The van der Waals surface area contributed by atoms with Gasteiger partial charge in [-0.15, -0.1) is 6.42 Å². The molecule has 1 aromatic carbocycles. The molecule has 0 radical (unpaired) electrons. The molecule has 1 aromatic rings. The Balaban J connectivity index is 3.32. The Hall–Kier alpha value is -2.62. The fourth-order valence-corrected chi connectivity index (χ4v) is 1.44. The van der Waals surface area contributed by atoms with Gasteiger partial charge in [0.2, 0.25) is 0 Å². The first-order chi connectivity index (χ1) is 8.90. The minimum atomic E-state index is -1.57. The van der Waals surface area contributed by atoms with E-state index in [0.717, 1.165) is 6.07 Å². The molecule has 0 fully saturated rings. The Labute approximate surface area is 108 Å². The molecule has 19 heavy (non-hydrogen) atoms. The van der Waals surface area contributed by atoms with E-state index in [1.807, 2.05) is 0 Å². The normalized spacial score (nSPS) is 11.4. The zero-order chi connectivity index (χ0) is 14.6. The number of anilines is 1. The van der Waals surface area contributed by atoms with Crippen molar-refractivity contribution in [3.05, 3.63) is 33.6 Å². The van der Waals surface area contributed by atoms with E-state index in [0.29, 0.717) is 12.5 Å². The summed E-state index contributed by atoms with van der Waals surface area (Å²) < 4.78 is 13.5. The molecule has 2 N–H and O–H groups in total. The maximum absolute atomic E-state index is 13.5. The molecule has 0 amide bonds. The third-order valence-corrected chi connectivity index (χ3v) is 2.45. The number of carbonyl (C=O) groups is 1. The number of hydrogen-bond acceptors (Lipinski definition) is 4. The predicted octanol–water partition coefficient (Wildman–Crippen LogP) is 2.26. The Bertz CT molecular complexity index is 566. The molecule has 7 heteroatoms. The zero-order valence-corrected chi connectivity index (χ0v) is 10.0. The average Bonchev–Trinajstić information content (AvgIpc) is 2.34. The van der Waals surface area contributed by atoms with Crippen LogP contribution in [0, 0.1) is 28.3 Å². The lowest BCUT2D eigenvalue weighted by Crippen LogP contribution is -2.17. The molecule has 0 aliphatic heterocycles. The lowest BCUT2D eigenvalue weighted by molar-refractivity contribution is -0.384. The summed E-state index contributed by atoms with van der Waals surface area (Å²) >= 11 is 0. The van der Waals surface area contributed by atoms with Gasteiger partial charge in [0.1, 0.15) is 17.1 Å². The van der Waals surface area contributed by atoms with E-state index >= 15 is 0 Å². The molecule has 100 valence electrons. The molecule has 0 aliphatic carbocycles. The van der Waals surface area contributed by atoms with Gasteiger partial charge in [-0.2, -0.15) is 0 Å². The predicted molar refractivity (Wildman–Crippen MR) is 66.5 cm³/mol. The largest absolute Gasteiger partial charge is 0.478 e. The Morgan fingerprint density at radius 2 is 2.32 bits per heavy atom. The van der Waals surface area contributed by atoms with Gasteiger partial charge in [-0.05, 0) is 6.42 Å². The first-order valence-electron chi connectivity index (χ1n) is 5.34. The Kier molecular flexibility index (Phi) is 4.42. The van der Waals surface area contributed by atoms with E-state index in [4.69, 9.17) is 11.5 Å². The molecule has 1 atom stereocenters. The number of halogens is 1. The molecule has 1 rings (SSSR count). The molecular weight excluding hydrogens is 255 g/mol. The quantitative estimate of drug-likeness (QED) is 0.484.